The second-order valence-electron chi connectivity index (χ2n) is 22.5. The van der Waals surface area contributed by atoms with Gasteiger partial charge >= 0.3 is 83.6 Å². The largest absolute Gasteiger partial charge is 0.466 e. The Labute approximate surface area is 640 Å². The Bertz CT molecular complexity index is 3430. The first kappa shape index (κ1) is 97.2. The molecule has 0 radical (unpaired) electrons. The van der Waals surface area contributed by atoms with Crippen LogP contribution in [0.1, 0.15) is 64.7 Å². The van der Waals surface area contributed by atoms with E-state index in [2.05, 4.69) is 49.1 Å². The number of Topliss-reactive ketones (excluding diaryl/α,β-unsaturated/α-hetero) is 1. The van der Waals surface area contributed by atoms with Gasteiger partial charge in [-0.05, 0) is 13.3 Å². The molecular weight excluding hydrogens is 1500 g/mol. The zero-order chi connectivity index (χ0) is 84.3. The second kappa shape index (κ2) is 54.7. The van der Waals surface area contributed by atoms with Gasteiger partial charge in [-0.2, -0.15) is 0 Å². The third kappa shape index (κ3) is 41.0. The normalized spacial score (nSPS) is 19.9. The molecule has 7 rings (SSSR count). The number of nitrogens with zero attached hydrogens (tertiary/aromatic N) is 3. The Balaban J connectivity index is 0.000000654. The third-order valence-corrected chi connectivity index (χ3v) is 14.7. The number of hydrogen-bond donors (Lipinski definition) is 3. The van der Waals surface area contributed by atoms with Crippen LogP contribution in [0, 0.1) is 0 Å². The summed E-state index contributed by atoms with van der Waals surface area (Å²) in [5, 5.41) is 7.56. The molecule has 42 nitrogen and oxygen atoms in total. The summed E-state index contributed by atoms with van der Waals surface area (Å²) in [6, 6.07) is 0. The number of likely N-dealkylation sites (N-methyl/N-ethyl adjacent to an activating group) is 2. The van der Waals surface area contributed by atoms with Crippen molar-refractivity contribution in [2.75, 3.05) is 123 Å². The summed E-state index contributed by atoms with van der Waals surface area (Å²) in [5.41, 5.74) is 0. The lowest BCUT2D eigenvalue weighted by Gasteiger charge is -2.15. The van der Waals surface area contributed by atoms with Crippen LogP contribution in [0.15, 0.2) is 85.1 Å². The number of ketones is 1. The van der Waals surface area contributed by atoms with Crippen LogP contribution in [0.3, 0.4) is 0 Å². The van der Waals surface area contributed by atoms with Gasteiger partial charge in [-0.3, -0.25) is 33.6 Å². The van der Waals surface area contributed by atoms with Crippen molar-refractivity contribution >= 4 is 125 Å². The van der Waals surface area contributed by atoms with Crippen molar-refractivity contribution in [2.45, 2.75) is 107 Å². The predicted molar refractivity (Wildman–Crippen MR) is 371 cm³/mol. The molecule has 0 bridgehead atoms. The molecule has 42 heteroatoms. The molecule has 0 spiro atoms. The number of nitrogens with one attached hydrogen (secondary N) is 3. The number of carbonyl (C=O) groups is 21. The molecule has 7 atom stereocenters. The van der Waals surface area contributed by atoms with Crippen molar-refractivity contribution in [3.05, 3.63) is 85.1 Å². The van der Waals surface area contributed by atoms with E-state index in [1.807, 2.05) is 6.92 Å². The van der Waals surface area contributed by atoms with Gasteiger partial charge in [-0.25, -0.2) is 67.1 Å². The van der Waals surface area contributed by atoms with Crippen LogP contribution in [0.25, 0.3) is 0 Å². The number of methoxy groups -OCH3 is 8. The van der Waals surface area contributed by atoms with Crippen molar-refractivity contribution in [1.29, 1.82) is 0 Å². The Morgan fingerprint density at radius 2 is 0.589 bits per heavy atom. The van der Waals surface area contributed by atoms with Gasteiger partial charge in [-0.1, -0.05) is 0 Å². The Morgan fingerprint density at radius 1 is 0.330 bits per heavy atom. The highest BCUT2D eigenvalue weighted by atomic mass is 16.6. The molecule has 6 saturated heterocycles. The molecule has 7 aliphatic rings. The fourth-order valence-corrected chi connectivity index (χ4v) is 8.92. The van der Waals surface area contributed by atoms with Gasteiger partial charge in [0.1, 0.15) is 11.9 Å². The first-order valence-electron chi connectivity index (χ1n) is 33.6. The van der Waals surface area contributed by atoms with E-state index in [0.717, 1.165) is 85.1 Å². The average molecular weight is 1590 g/mol. The predicted octanol–water partition coefficient (Wildman–Crippen LogP) is -3.30. The van der Waals surface area contributed by atoms with E-state index in [1.54, 1.807) is 24.0 Å². The highest BCUT2D eigenvalue weighted by molar-refractivity contribution is 5.98. The van der Waals surface area contributed by atoms with Crippen LogP contribution in [-0.4, -0.2) is 305 Å². The SMILES string of the molecule is CCN1CCC(OC(=O)/C=C/C(=O)OC)C1=O.COC(=O)/C=C/C(=O)OC1CCC(=O)C1.COC(=O)/C=C/C(=O)OC1CCN(C)C1=O.COC(=O)/C=C/C(=O)OC1CCNC1=O.COC(=O)/C=C/C(=O)O[C@@H]1CCNC1=O.COC(=O)/C=C/C(=O)O[C@H]1CCNC1=O.COCCN1CCC(OC(=O)/C=C/C(=O)OC)C1=O. The van der Waals surface area contributed by atoms with Crippen molar-refractivity contribution < 1.29 is 172 Å². The summed E-state index contributed by atoms with van der Waals surface area (Å²) >= 11 is 0. The van der Waals surface area contributed by atoms with E-state index in [4.69, 9.17) is 37.9 Å². The summed E-state index contributed by atoms with van der Waals surface area (Å²) in [5.74, 6) is -11.0. The van der Waals surface area contributed by atoms with E-state index in [-0.39, 0.29) is 53.8 Å². The Kier molecular flexibility index (Phi) is 47.5. The van der Waals surface area contributed by atoms with Crippen LogP contribution in [0.2, 0.25) is 0 Å². The van der Waals surface area contributed by atoms with E-state index in [9.17, 15) is 101 Å². The lowest BCUT2D eigenvalue weighted by molar-refractivity contribution is -0.152. The minimum absolute atomic E-state index is 0.102. The summed E-state index contributed by atoms with van der Waals surface area (Å²) in [7, 11) is 11.6. The highest BCUT2D eigenvalue weighted by Crippen LogP contribution is 2.19. The van der Waals surface area contributed by atoms with Gasteiger partial charge in [-0.15, -0.1) is 0 Å². The number of carbonyl (C=O) groups excluding carboxylic acids is 21. The quantitative estimate of drug-likeness (QED) is 0.0458. The van der Waals surface area contributed by atoms with E-state index in [0.29, 0.717) is 110 Å². The lowest BCUT2D eigenvalue weighted by atomic mass is 10.3. The van der Waals surface area contributed by atoms with Crippen LogP contribution < -0.4 is 16.0 Å². The second-order valence-corrected chi connectivity index (χ2v) is 22.5. The van der Waals surface area contributed by atoms with Gasteiger partial charge in [0.05, 0.1) is 56.4 Å². The molecule has 0 aromatic heterocycles. The molecule has 0 aromatic rings. The first-order valence-corrected chi connectivity index (χ1v) is 33.6. The maximum atomic E-state index is 11.8. The number of esters is 14. The molecule has 0 aromatic carbocycles. The van der Waals surface area contributed by atoms with Crippen LogP contribution in [0.4, 0.5) is 0 Å². The van der Waals surface area contributed by atoms with E-state index >= 15 is 0 Å². The van der Waals surface area contributed by atoms with Crippen LogP contribution in [-0.2, 0) is 172 Å². The molecule has 3 N–H and O–H groups in total. The van der Waals surface area contributed by atoms with Gasteiger partial charge in [0.15, 0.2) is 36.6 Å². The molecule has 7 fully saturated rings. The minimum atomic E-state index is -0.786. The highest BCUT2D eigenvalue weighted by Gasteiger charge is 2.36. The van der Waals surface area contributed by atoms with Crippen molar-refractivity contribution in [3.63, 3.8) is 0 Å². The number of hydrogen-bond acceptors (Lipinski definition) is 36. The maximum Gasteiger partial charge on any atom is 0.331 e. The van der Waals surface area contributed by atoms with Gasteiger partial charge in [0.2, 0.25) is 0 Å². The minimum Gasteiger partial charge on any atom is -0.466 e. The molecule has 616 valence electrons. The summed E-state index contributed by atoms with van der Waals surface area (Å²) in [6.07, 6.45) is 12.5. The van der Waals surface area contributed by atoms with Gasteiger partial charge in [0.25, 0.3) is 35.4 Å². The number of likely N-dealkylation sites (tertiary alicyclic amines) is 3. The summed E-state index contributed by atoms with van der Waals surface area (Å²) < 4.78 is 69.0. The van der Waals surface area contributed by atoms with Crippen LogP contribution in [0.5, 0.6) is 0 Å². The molecular formula is C70H90N6O36. The number of rotatable bonds is 25. The molecule has 1 saturated carbocycles. The standard InChI is InChI=1S/C12H17NO6.C11H15NO5.C10H13NO5.C10H12O5.3C9H11NO5/c1-17-8-7-13-6-5-9(12(13)16)19-11(15)4-3-10(14)18-2;1-3-12-7-6-8(11(12)15)17-10(14)5-4-9(13)16-2;1-11-6-5-7(10(11)14)16-9(13)4-3-8(12)15-2;1-14-9(12)4-5-10(13)15-8-3-2-7(11)6-8;3*1-14-7(11)2-3-8(12)15-6-4-5-10-9(6)13/h3-4,9H,5-8H2,1-2H3;4-5,8H,3,6-7H2,1-2H3;3-4,7H,5-6H2,1-2H3;4-5,8H,2-3,6H2,1H3;3*2-3,6H,4-5H2,1H3,(H,10,13)/b4-3+;5-4+;4-3+;5-4+;3*3-2+/t;;;;2*6-;/m....10./s1. The molecule has 112 heavy (non-hydrogen) atoms. The smallest absolute Gasteiger partial charge is 0.331 e. The fourth-order valence-electron chi connectivity index (χ4n) is 8.92. The lowest BCUT2D eigenvalue weighted by Crippen LogP contribution is -2.33. The summed E-state index contributed by atoms with van der Waals surface area (Å²) in [4.78, 5) is 236. The Hall–Kier alpha value is -12.8. The zero-order valence-corrected chi connectivity index (χ0v) is 62.9. The molecule has 5 unspecified atom stereocenters. The Morgan fingerprint density at radius 3 is 0.821 bits per heavy atom. The van der Waals surface area contributed by atoms with Crippen molar-refractivity contribution in [1.82, 2.24) is 30.7 Å². The topological polar surface area (TPSA) is 543 Å². The maximum absolute atomic E-state index is 11.8. The number of ether oxygens (including phenoxy) is 15. The monoisotopic (exact) mass is 1590 g/mol. The molecule has 6 amide bonds. The van der Waals surface area contributed by atoms with Crippen molar-refractivity contribution in [3.8, 4) is 0 Å². The average Bonchev–Trinajstić information content (AvgIpc) is 1.75. The van der Waals surface area contributed by atoms with E-state index in [1.165, 1.54) is 54.7 Å². The fraction of sp³-hybridized carbons (Fsp3) is 0.500. The van der Waals surface area contributed by atoms with Crippen molar-refractivity contribution in [2.24, 2.45) is 0 Å². The zero-order valence-electron chi connectivity index (χ0n) is 62.9. The number of amides is 6. The first-order chi connectivity index (χ1) is 53.2. The van der Waals surface area contributed by atoms with Crippen LogP contribution >= 0.6 is 0 Å². The summed E-state index contributed by atoms with van der Waals surface area (Å²) in [6.45, 7) is 6.55. The molecule has 6 heterocycles. The van der Waals surface area contributed by atoms with Gasteiger partial charge in [0, 0.05) is 203 Å². The molecule has 1 aliphatic carbocycles. The molecule has 6 aliphatic heterocycles. The van der Waals surface area contributed by atoms with E-state index < -0.39 is 120 Å². The van der Waals surface area contributed by atoms with Gasteiger partial charge < -0.3 is 102 Å². The third-order valence-electron chi connectivity index (χ3n) is 14.7.